The van der Waals surface area contributed by atoms with Crippen molar-refractivity contribution in [3.05, 3.63) is 70.8 Å². The highest BCUT2D eigenvalue weighted by Gasteiger charge is 2.27. The van der Waals surface area contributed by atoms with Crippen LogP contribution < -0.4 is 14.9 Å². The van der Waals surface area contributed by atoms with E-state index >= 15 is 0 Å². The van der Waals surface area contributed by atoms with Crippen LogP contribution in [0.4, 0.5) is 17.5 Å². The lowest BCUT2D eigenvalue weighted by atomic mass is 9.97. The van der Waals surface area contributed by atoms with Crippen molar-refractivity contribution in [3.8, 4) is 0 Å². The molecular formula is C23H24BrN5O4S. The smallest absolute Gasteiger partial charge is 0.306 e. The molecule has 0 radical (unpaired) electrons. The van der Waals surface area contributed by atoms with Gasteiger partial charge in [0.25, 0.3) is 10.0 Å². The van der Waals surface area contributed by atoms with E-state index in [2.05, 4.69) is 35.9 Å². The van der Waals surface area contributed by atoms with Gasteiger partial charge in [-0.05, 0) is 46.5 Å². The number of anilines is 3. The van der Waals surface area contributed by atoms with Crippen LogP contribution in [0.5, 0.6) is 0 Å². The van der Waals surface area contributed by atoms with Gasteiger partial charge < -0.3 is 15.3 Å². The Morgan fingerprint density at radius 2 is 1.76 bits per heavy atom. The quantitative estimate of drug-likeness (QED) is 0.388. The average molecular weight is 546 g/mol. The molecule has 2 heterocycles. The van der Waals surface area contributed by atoms with Gasteiger partial charge in [-0.1, -0.05) is 42.5 Å². The highest BCUT2D eigenvalue weighted by atomic mass is 79.9. The molecule has 4 rings (SSSR count). The van der Waals surface area contributed by atoms with Gasteiger partial charge in [-0.25, -0.2) is 13.4 Å². The molecule has 1 fully saturated rings. The van der Waals surface area contributed by atoms with E-state index in [1.807, 2.05) is 35.2 Å². The van der Waals surface area contributed by atoms with Gasteiger partial charge in [-0.2, -0.15) is 4.98 Å². The lowest BCUT2D eigenvalue weighted by Crippen LogP contribution is -2.37. The number of aliphatic carboxylic acids is 1. The third-order valence-electron chi connectivity index (χ3n) is 5.58. The lowest BCUT2D eigenvalue weighted by Gasteiger charge is -2.30. The molecule has 1 saturated heterocycles. The van der Waals surface area contributed by atoms with Crippen LogP contribution in [0.1, 0.15) is 18.4 Å². The lowest BCUT2D eigenvalue weighted by molar-refractivity contribution is -0.142. The summed E-state index contributed by atoms with van der Waals surface area (Å²) in [5.41, 5.74) is 1.22. The first-order valence-corrected chi connectivity index (χ1v) is 13.0. The second kappa shape index (κ2) is 10.4. The summed E-state index contributed by atoms with van der Waals surface area (Å²) in [6.07, 6.45) is 2.44. The summed E-state index contributed by atoms with van der Waals surface area (Å²) in [6.45, 7) is 1.45. The van der Waals surface area contributed by atoms with Gasteiger partial charge in [0, 0.05) is 24.1 Å². The fraction of sp³-hybridized carbons (Fsp3) is 0.261. The number of aromatic nitrogens is 2. The number of hydrogen-bond acceptors (Lipinski definition) is 7. The Bertz CT molecular complexity index is 1270. The molecule has 0 amide bonds. The first-order valence-electron chi connectivity index (χ1n) is 10.7. The maximum Gasteiger partial charge on any atom is 0.306 e. The molecule has 0 atom stereocenters. The fourth-order valence-electron chi connectivity index (χ4n) is 3.70. The number of piperidine rings is 1. The molecule has 3 aromatic rings. The van der Waals surface area contributed by atoms with Gasteiger partial charge in [0.1, 0.15) is 10.6 Å². The van der Waals surface area contributed by atoms with E-state index < -0.39 is 16.0 Å². The zero-order chi connectivity index (χ0) is 24.1. The number of rotatable bonds is 8. The average Bonchev–Trinajstić information content (AvgIpc) is 2.84. The van der Waals surface area contributed by atoms with E-state index in [4.69, 9.17) is 0 Å². The van der Waals surface area contributed by atoms with Crippen LogP contribution in [0, 0.1) is 5.92 Å². The summed E-state index contributed by atoms with van der Waals surface area (Å²) in [5.74, 6) is -0.405. The fourth-order valence-corrected chi connectivity index (χ4v) is 5.76. The molecule has 1 aliphatic heterocycles. The molecule has 3 N–H and O–H groups in total. The maximum atomic E-state index is 13.0. The van der Waals surface area contributed by atoms with E-state index in [0.717, 1.165) is 5.56 Å². The zero-order valence-corrected chi connectivity index (χ0v) is 20.6. The number of nitrogens with one attached hydrogen (secondary N) is 2. The normalized spacial score (nSPS) is 14.6. The Labute approximate surface area is 206 Å². The third kappa shape index (κ3) is 5.65. The van der Waals surface area contributed by atoms with Crippen molar-refractivity contribution < 1.29 is 18.3 Å². The van der Waals surface area contributed by atoms with Crippen LogP contribution in [0.15, 0.2) is 70.2 Å². The highest BCUT2D eigenvalue weighted by Crippen LogP contribution is 2.29. The van der Waals surface area contributed by atoms with Gasteiger partial charge in [-0.15, -0.1) is 0 Å². The standard InChI is InChI=1S/C23H24BrN5O4S/c24-18-8-4-5-9-20(18)34(32,33)28-19-15-26-23(29-12-10-17(11-13-29)22(30)31)27-21(19)25-14-16-6-2-1-3-7-16/h1-9,15,17,28H,10-14H2,(H,30,31)(H,25,26,27). The van der Waals surface area contributed by atoms with Crippen molar-refractivity contribution in [1.29, 1.82) is 0 Å². The van der Waals surface area contributed by atoms with Crippen molar-refractivity contribution in [3.63, 3.8) is 0 Å². The summed E-state index contributed by atoms with van der Waals surface area (Å²) in [6, 6.07) is 16.2. The molecule has 2 aromatic carbocycles. The van der Waals surface area contributed by atoms with Gasteiger partial charge >= 0.3 is 5.97 Å². The van der Waals surface area contributed by atoms with Crippen LogP contribution >= 0.6 is 15.9 Å². The molecule has 0 saturated carbocycles. The molecule has 0 aliphatic carbocycles. The molecule has 0 unspecified atom stereocenters. The van der Waals surface area contributed by atoms with Crippen LogP contribution in [0.2, 0.25) is 0 Å². The summed E-state index contributed by atoms with van der Waals surface area (Å²) < 4.78 is 29.1. The number of halogens is 1. The van der Waals surface area contributed by atoms with Gasteiger partial charge in [0.05, 0.1) is 12.1 Å². The molecule has 9 nitrogen and oxygen atoms in total. The topological polar surface area (TPSA) is 125 Å². The number of benzene rings is 2. The highest BCUT2D eigenvalue weighted by molar-refractivity contribution is 9.10. The van der Waals surface area contributed by atoms with Crippen molar-refractivity contribution in [2.45, 2.75) is 24.3 Å². The number of carboxylic acids is 1. The molecule has 0 bridgehead atoms. The largest absolute Gasteiger partial charge is 0.481 e. The van der Waals surface area contributed by atoms with Crippen LogP contribution in [-0.2, 0) is 21.4 Å². The summed E-state index contributed by atoms with van der Waals surface area (Å²) in [4.78, 5) is 22.3. The summed E-state index contributed by atoms with van der Waals surface area (Å²) in [7, 11) is -3.90. The predicted octanol–water partition coefficient (Wildman–Crippen LogP) is 3.95. The first kappa shape index (κ1) is 24.0. The minimum absolute atomic E-state index is 0.101. The van der Waals surface area contributed by atoms with Gasteiger partial charge in [0.15, 0.2) is 5.82 Å². The molecule has 1 aromatic heterocycles. The molecule has 178 valence electrons. The van der Waals surface area contributed by atoms with Crippen molar-refractivity contribution >= 4 is 49.4 Å². The Morgan fingerprint density at radius 3 is 2.44 bits per heavy atom. The van der Waals surface area contributed by atoms with Crippen molar-refractivity contribution in [2.24, 2.45) is 5.92 Å². The van der Waals surface area contributed by atoms with Crippen LogP contribution in [0.25, 0.3) is 0 Å². The molecule has 34 heavy (non-hydrogen) atoms. The Balaban J connectivity index is 1.61. The van der Waals surface area contributed by atoms with Crippen molar-refractivity contribution in [2.75, 3.05) is 28.0 Å². The predicted molar refractivity (Wildman–Crippen MR) is 133 cm³/mol. The number of sulfonamides is 1. The number of nitrogens with zero attached hydrogens (tertiary/aromatic N) is 3. The summed E-state index contributed by atoms with van der Waals surface area (Å²) >= 11 is 3.29. The number of carboxylic acid groups (broad SMARTS) is 1. The first-order chi connectivity index (χ1) is 16.3. The molecule has 11 heteroatoms. The second-order valence-corrected chi connectivity index (χ2v) is 10.4. The maximum absolute atomic E-state index is 13.0. The van der Waals surface area contributed by atoms with E-state index in [1.54, 1.807) is 18.2 Å². The van der Waals surface area contributed by atoms with Gasteiger partial charge in [-0.3, -0.25) is 9.52 Å². The minimum atomic E-state index is -3.90. The number of carbonyl (C=O) groups is 1. The summed E-state index contributed by atoms with van der Waals surface area (Å²) in [5, 5.41) is 12.5. The van der Waals surface area contributed by atoms with Crippen molar-refractivity contribution in [1.82, 2.24) is 9.97 Å². The van der Waals surface area contributed by atoms with Crippen LogP contribution in [0.3, 0.4) is 0 Å². The molecule has 1 aliphatic rings. The Kier molecular flexibility index (Phi) is 7.32. The van der Waals surface area contributed by atoms with E-state index in [1.165, 1.54) is 12.3 Å². The minimum Gasteiger partial charge on any atom is -0.481 e. The SMILES string of the molecule is O=C(O)C1CCN(c2ncc(NS(=O)(=O)c3ccccc3Br)c(NCc3ccccc3)n2)CC1. The van der Waals surface area contributed by atoms with E-state index in [-0.39, 0.29) is 16.5 Å². The molecule has 0 spiro atoms. The molecular weight excluding hydrogens is 522 g/mol. The zero-order valence-electron chi connectivity index (χ0n) is 18.2. The van der Waals surface area contributed by atoms with Crippen LogP contribution in [-0.4, -0.2) is 42.6 Å². The van der Waals surface area contributed by atoms with Gasteiger partial charge in [0.2, 0.25) is 5.95 Å². The van der Waals surface area contributed by atoms with E-state index in [9.17, 15) is 18.3 Å². The Morgan fingerprint density at radius 1 is 1.09 bits per heavy atom. The van der Waals surface area contributed by atoms with E-state index in [0.29, 0.717) is 48.7 Å². The Hall–Kier alpha value is -3.18. The number of hydrogen-bond donors (Lipinski definition) is 3. The second-order valence-electron chi connectivity index (χ2n) is 7.91. The third-order valence-corrected chi connectivity index (χ3v) is 7.95. The monoisotopic (exact) mass is 545 g/mol.